The van der Waals surface area contributed by atoms with Gasteiger partial charge in [-0.1, -0.05) is 72.5 Å². The summed E-state index contributed by atoms with van der Waals surface area (Å²) in [5.74, 6) is 10.5. The molecule has 0 aromatic rings. The molecule has 3 aliphatic rings. The Morgan fingerprint density at radius 2 is 1.56 bits per heavy atom. The molecule has 0 radical (unpaired) electrons. The Bertz CT molecular complexity index is 898. The minimum atomic E-state index is -1.87. The second-order valence-corrected chi connectivity index (χ2v) is 25.6. The van der Waals surface area contributed by atoms with E-state index >= 15 is 0 Å². The monoisotopic (exact) mass is 574 g/mol. The fourth-order valence-corrected chi connectivity index (χ4v) is 9.50. The van der Waals surface area contributed by atoms with Crippen molar-refractivity contribution >= 4 is 16.6 Å². The van der Waals surface area contributed by atoms with E-state index in [4.69, 9.17) is 8.85 Å². The van der Waals surface area contributed by atoms with Gasteiger partial charge in [0.15, 0.2) is 16.6 Å². The van der Waals surface area contributed by atoms with Crippen molar-refractivity contribution in [1.82, 2.24) is 0 Å². The van der Waals surface area contributed by atoms with Crippen LogP contribution in [0.1, 0.15) is 106 Å². The predicted molar refractivity (Wildman–Crippen MR) is 172 cm³/mol. The van der Waals surface area contributed by atoms with Gasteiger partial charge < -0.3 is 14.0 Å². The first kappa shape index (κ1) is 33.1. The normalized spacial score (nSPS) is 33.2. The van der Waals surface area contributed by atoms with Crippen molar-refractivity contribution in [3.8, 4) is 11.8 Å². The number of fused-ring (bicyclic) bond motifs is 1. The Morgan fingerprint density at radius 3 is 2.18 bits per heavy atom. The van der Waals surface area contributed by atoms with E-state index in [0.29, 0.717) is 35.7 Å². The number of rotatable bonds is 8. The Kier molecular flexibility index (Phi) is 10.9. The largest absolute Gasteiger partial charge is 0.414 e. The van der Waals surface area contributed by atoms with E-state index in [1.165, 1.54) is 32.1 Å². The molecule has 3 fully saturated rings. The van der Waals surface area contributed by atoms with Gasteiger partial charge >= 0.3 is 0 Å². The summed E-state index contributed by atoms with van der Waals surface area (Å²) in [5, 5.41) is 9.74. The lowest BCUT2D eigenvalue weighted by molar-refractivity contribution is -0.00733. The van der Waals surface area contributed by atoms with E-state index in [1.807, 2.05) is 0 Å². The van der Waals surface area contributed by atoms with Crippen molar-refractivity contribution in [2.45, 2.75) is 155 Å². The maximum Gasteiger partial charge on any atom is 0.192 e. The van der Waals surface area contributed by atoms with Crippen molar-refractivity contribution in [3.05, 3.63) is 11.6 Å². The van der Waals surface area contributed by atoms with Crippen molar-refractivity contribution in [1.29, 1.82) is 0 Å². The molecule has 7 atom stereocenters. The summed E-state index contributed by atoms with van der Waals surface area (Å²) in [4.78, 5) is 0. The van der Waals surface area contributed by atoms with E-state index in [1.54, 1.807) is 5.57 Å². The second-order valence-electron chi connectivity index (χ2n) is 16.1. The predicted octanol–water partition coefficient (Wildman–Crippen LogP) is 9.34. The number of hydrogen-bond acceptors (Lipinski definition) is 3. The van der Waals surface area contributed by atoms with E-state index in [9.17, 15) is 5.11 Å². The average molecular weight is 575 g/mol. The minimum Gasteiger partial charge on any atom is -0.414 e. The van der Waals surface area contributed by atoms with Crippen LogP contribution in [0.25, 0.3) is 0 Å². The van der Waals surface area contributed by atoms with Crippen LogP contribution in [0.4, 0.5) is 0 Å². The molecule has 0 bridgehead atoms. The lowest BCUT2D eigenvalue weighted by Gasteiger charge is -2.55. The smallest absolute Gasteiger partial charge is 0.192 e. The topological polar surface area (TPSA) is 38.7 Å². The number of aliphatic hydroxyl groups excluding tert-OH is 1. The summed E-state index contributed by atoms with van der Waals surface area (Å²) in [7, 11) is -3.60. The maximum absolute atomic E-state index is 9.26. The fourth-order valence-electron chi connectivity index (χ4n) is 6.73. The average Bonchev–Trinajstić information content (AvgIpc) is 2.80. The maximum atomic E-state index is 9.26. The van der Waals surface area contributed by atoms with Gasteiger partial charge in [0.1, 0.15) is 0 Å². The molecule has 0 heterocycles. The molecule has 1 N–H and O–H groups in total. The summed E-state index contributed by atoms with van der Waals surface area (Å²) in [6, 6.07) is 0. The highest BCUT2D eigenvalue weighted by Gasteiger charge is 2.53. The van der Waals surface area contributed by atoms with Crippen LogP contribution in [0.15, 0.2) is 11.6 Å². The van der Waals surface area contributed by atoms with E-state index in [0.717, 1.165) is 25.7 Å². The summed E-state index contributed by atoms with van der Waals surface area (Å²) >= 11 is 0. The zero-order valence-electron chi connectivity index (χ0n) is 27.5. The summed E-state index contributed by atoms with van der Waals surface area (Å²) < 4.78 is 13.9. The molecular weight excluding hydrogens is 513 g/mol. The van der Waals surface area contributed by atoms with Crippen LogP contribution >= 0.6 is 0 Å². The van der Waals surface area contributed by atoms with Gasteiger partial charge in [0, 0.05) is 25.0 Å². The molecule has 3 aliphatic carbocycles. The van der Waals surface area contributed by atoms with Crippen LogP contribution in [0.3, 0.4) is 0 Å². The van der Waals surface area contributed by atoms with Crippen LogP contribution in [-0.4, -0.2) is 40.6 Å². The van der Waals surface area contributed by atoms with Gasteiger partial charge in [-0.25, -0.2) is 0 Å². The second kappa shape index (κ2) is 12.9. The third-order valence-corrected chi connectivity index (χ3v) is 20.3. The SMILES string of the molecule is CC1/C(=C/CCCO)[C@H]2CC[C@@H](O[Si](C)(C)C(C)(C)C)[C@H](C#CCC3CCCC(O[Si](C)(C)C(C)(C)C)C3)[C@@H]12. The van der Waals surface area contributed by atoms with Gasteiger partial charge in [-0.05, 0) is 105 Å². The third kappa shape index (κ3) is 7.92. The zero-order valence-corrected chi connectivity index (χ0v) is 29.5. The van der Waals surface area contributed by atoms with Gasteiger partial charge in [0.2, 0.25) is 0 Å². The Hall–Kier alpha value is -0.386. The highest BCUT2D eigenvalue weighted by Crippen LogP contribution is 2.57. The molecule has 0 spiro atoms. The quantitative estimate of drug-likeness (QED) is 0.136. The van der Waals surface area contributed by atoms with Crippen LogP contribution < -0.4 is 0 Å². The van der Waals surface area contributed by atoms with Gasteiger partial charge in [-0.2, -0.15) is 0 Å². The molecule has 39 heavy (non-hydrogen) atoms. The van der Waals surface area contributed by atoms with Crippen molar-refractivity contribution < 1.29 is 14.0 Å². The first-order valence-electron chi connectivity index (χ1n) is 16.1. The Labute approximate surface area is 244 Å². The van der Waals surface area contributed by atoms with Crippen LogP contribution in [0, 0.1) is 41.4 Å². The minimum absolute atomic E-state index is 0.212. The molecular formula is C34H62O3Si2. The lowest BCUT2D eigenvalue weighted by atomic mass is 9.51. The molecule has 0 aliphatic heterocycles. The van der Waals surface area contributed by atoms with Gasteiger partial charge in [-0.3, -0.25) is 0 Å². The molecule has 0 amide bonds. The van der Waals surface area contributed by atoms with Crippen LogP contribution in [-0.2, 0) is 8.85 Å². The number of hydrogen-bond donors (Lipinski definition) is 1. The molecule has 0 aromatic heterocycles. The zero-order chi connectivity index (χ0) is 29.2. The number of unbranched alkanes of at least 4 members (excludes halogenated alkanes) is 1. The van der Waals surface area contributed by atoms with Gasteiger partial charge in [0.05, 0.1) is 6.10 Å². The van der Waals surface area contributed by atoms with Crippen molar-refractivity contribution in [2.24, 2.45) is 29.6 Å². The van der Waals surface area contributed by atoms with Crippen molar-refractivity contribution in [2.75, 3.05) is 6.61 Å². The highest BCUT2D eigenvalue weighted by molar-refractivity contribution is 6.74. The van der Waals surface area contributed by atoms with Crippen LogP contribution in [0.2, 0.25) is 36.3 Å². The standard InChI is InChI=1S/C34H62O3Si2/c1-25-28(19-12-13-23-35)29-21-22-31(37-39(10,11)34(5,6)7)30(32(25)29)20-15-17-26-16-14-18-27(24-26)36-38(8,9)33(2,3)4/h19,25-27,29-32,35H,12-14,16-18,21-24H2,1-11H3/b28-19-/t25?,26?,27?,29-,30+,31-,32+/m1/s1. The van der Waals surface area contributed by atoms with Crippen LogP contribution in [0.5, 0.6) is 0 Å². The van der Waals surface area contributed by atoms with Crippen molar-refractivity contribution in [3.63, 3.8) is 0 Å². The molecule has 224 valence electrons. The molecule has 0 saturated heterocycles. The summed E-state index contributed by atoms with van der Waals surface area (Å²) in [5.41, 5.74) is 1.63. The van der Waals surface area contributed by atoms with E-state index < -0.39 is 16.6 Å². The van der Waals surface area contributed by atoms with Gasteiger partial charge in [0.25, 0.3) is 0 Å². The molecule has 5 heteroatoms. The van der Waals surface area contributed by atoms with E-state index in [2.05, 4.69) is 92.6 Å². The highest BCUT2D eigenvalue weighted by atomic mass is 28.4. The number of allylic oxidation sites excluding steroid dienone is 2. The summed E-state index contributed by atoms with van der Waals surface area (Å²) in [6.07, 6.45) is 13.3. The Morgan fingerprint density at radius 1 is 0.923 bits per heavy atom. The third-order valence-electron chi connectivity index (χ3n) is 11.2. The molecule has 0 aromatic carbocycles. The van der Waals surface area contributed by atoms with E-state index in [-0.39, 0.29) is 22.8 Å². The first-order chi connectivity index (χ1) is 18.0. The first-order valence-corrected chi connectivity index (χ1v) is 21.9. The van der Waals surface area contributed by atoms with Gasteiger partial charge in [-0.15, -0.1) is 5.92 Å². The molecule has 3 unspecified atom stereocenters. The number of aliphatic hydroxyl groups is 1. The fraction of sp³-hybridized carbons (Fsp3) is 0.882. The lowest BCUT2D eigenvalue weighted by Crippen LogP contribution is -2.54. The Balaban J connectivity index is 1.73. The molecule has 3 rings (SSSR count). The molecule has 3 nitrogen and oxygen atoms in total. The summed E-state index contributed by atoms with van der Waals surface area (Å²) in [6.45, 7) is 26.4. The molecule has 3 saturated carbocycles.